The van der Waals surface area contributed by atoms with Gasteiger partial charge in [-0.2, -0.15) is 5.26 Å². The molecule has 1 aromatic carbocycles. The van der Waals surface area contributed by atoms with Crippen molar-refractivity contribution < 1.29 is 4.74 Å². The number of allylic oxidation sites excluding steroid dienone is 2. The molecule has 2 aliphatic carbocycles. The number of hydrogen-bond acceptors (Lipinski definition) is 2. The third-order valence-electron chi connectivity index (χ3n) is 7.41. The molecule has 2 aliphatic rings. The Morgan fingerprint density at radius 2 is 1.67 bits per heavy atom. The van der Waals surface area contributed by atoms with Crippen molar-refractivity contribution in [3.63, 3.8) is 0 Å². The summed E-state index contributed by atoms with van der Waals surface area (Å²) in [5, 5.41) is 8.56. The van der Waals surface area contributed by atoms with Crippen molar-refractivity contribution in [2.24, 2.45) is 11.8 Å². The largest absolute Gasteiger partial charge is 0.378 e. The van der Waals surface area contributed by atoms with E-state index in [-0.39, 0.29) is 0 Å². The van der Waals surface area contributed by atoms with E-state index in [2.05, 4.69) is 37.3 Å². The third kappa shape index (κ3) is 7.59. The zero-order valence-electron chi connectivity index (χ0n) is 19.0. The quantitative estimate of drug-likeness (QED) is 0.372. The summed E-state index contributed by atoms with van der Waals surface area (Å²) >= 11 is 0. The first-order valence-corrected chi connectivity index (χ1v) is 12.5. The summed E-state index contributed by atoms with van der Waals surface area (Å²) in [6.07, 6.45) is 20.5. The van der Waals surface area contributed by atoms with Gasteiger partial charge in [0.05, 0.1) is 12.2 Å². The second kappa shape index (κ2) is 13.0. The standard InChI is InChI=1S/C28H41NO/c1-2-3-7-23-9-15-26(16-10-23)27-17-11-25(12-18-27)22-30-28-19-13-24(14-20-28)8-5-4-6-21-29/h4,6,9-10,15-16,24-25,27-28H,2-3,5,7-8,11-14,17-20,22H2,1H3/b6-4+/t24-,25-,27-,28-. The van der Waals surface area contributed by atoms with Crippen LogP contribution in [-0.2, 0) is 11.2 Å². The topological polar surface area (TPSA) is 33.0 Å². The second-order valence-electron chi connectivity index (χ2n) is 9.65. The molecule has 0 aromatic heterocycles. The Balaban J connectivity index is 1.30. The fraction of sp³-hybridized carbons (Fsp3) is 0.679. The van der Waals surface area contributed by atoms with Crippen LogP contribution in [0.2, 0.25) is 0 Å². The van der Waals surface area contributed by atoms with Crippen molar-refractivity contribution in [1.82, 2.24) is 0 Å². The zero-order chi connectivity index (χ0) is 21.0. The van der Waals surface area contributed by atoms with Crippen molar-refractivity contribution in [2.75, 3.05) is 6.61 Å². The molecule has 0 unspecified atom stereocenters. The third-order valence-corrected chi connectivity index (χ3v) is 7.41. The summed E-state index contributed by atoms with van der Waals surface area (Å²) in [5.41, 5.74) is 3.05. The molecule has 1 aromatic rings. The fourth-order valence-corrected chi connectivity index (χ4v) is 5.33. The molecule has 2 saturated carbocycles. The lowest BCUT2D eigenvalue weighted by Crippen LogP contribution is -2.25. The smallest absolute Gasteiger partial charge is 0.0908 e. The first-order valence-electron chi connectivity index (χ1n) is 12.5. The minimum absolute atomic E-state index is 0.490. The molecule has 164 valence electrons. The molecule has 0 bridgehead atoms. The molecule has 0 aliphatic heterocycles. The summed E-state index contributed by atoms with van der Waals surface area (Å²) in [4.78, 5) is 0. The molecular weight excluding hydrogens is 366 g/mol. The molecule has 2 nitrogen and oxygen atoms in total. The lowest BCUT2D eigenvalue weighted by molar-refractivity contribution is -0.00824. The molecule has 0 N–H and O–H groups in total. The first-order chi connectivity index (χ1) is 14.8. The molecule has 0 spiro atoms. The van der Waals surface area contributed by atoms with Crippen molar-refractivity contribution in [2.45, 2.75) is 102 Å². The van der Waals surface area contributed by atoms with Crippen LogP contribution in [0.4, 0.5) is 0 Å². The molecular formula is C28H41NO. The number of unbranched alkanes of at least 4 members (excludes halogenated alkanes) is 1. The first kappa shape index (κ1) is 23.1. The Hall–Kier alpha value is -1.59. The predicted octanol–water partition coefficient (Wildman–Crippen LogP) is 7.74. The van der Waals surface area contributed by atoms with Gasteiger partial charge in [-0.1, -0.05) is 43.7 Å². The van der Waals surface area contributed by atoms with Crippen LogP contribution in [0, 0.1) is 23.2 Å². The van der Waals surface area contributed by atoms with Crippen LogP contribution >= 0.6 is 0 Å². The van der Waals surface area contributed by atoms with Gasteiger partial charge >= 0.3 is 0 Å². The zero-order valence-corrected chi connectivity index (χ0v) is 19.0. The summed E-state index contributed by atoms with van der Waals surface area (Å²) < 4.78 is 6.35. The highest BCUT2D eigenvalue weighted by molar-refractivity contribution is 5.26. The van der Waals surface area contributed by atoms with Crippen LogP contribution in [0.25, 0.3) is 0 Å². The van der Waals surface area contributed by atoms with Gasteiger partial charge in [0.25, 0.3) is 0 Å². The van der Waals surface area contributed by atoms with Crippen molar-refractivity contribution in [3.05, 3.63) is 47.5 Å². The van der Waals surface area contributed by atoms with Crippen LogP contribution in [0.1, 0.15) is 101 Å². The van der Waals surface area contributed by atoms with E-state index in [1.807, 2.05) is 6.08 Å². The van der Waals surface area contributed by atoms with E-state index in [9.17, 15) is 0 Å². The number of nitrogens with zero attached hydrogens (tertiary/aromatic N) is 1. The number of rotatable bonds is 10. The maximum atomic E-state index is 8.56. The number of benzene rings is 1. The molecule has 2 heteroatoms. The van der Waals surface area contributed by atoms with Crippen molar-refractivity contribution in [1.29, 1.82) is 5.26 Å². The molecule has 0 atom stereocenters. The summed E-state index contributed by atoms with van der Waals surface area (Å²) in [7, 11) is 0. The number of aryl methyl sites for hydroxylation is 1. The van der Waals surface area contributed by atoms with E-state index in [4.69, 9.17) is 10.00 Å². The molecule has 3 rings (SSSR count). The monoisotopic (exact) mass is 407 g/mol. The van der Waals surface area contributed by atoms with Gasteiger partial charge in [-0.3, -0.25) is 0 Å². The van der Waals surface area contributed by atoms with Crippen LogP contribution < -0.4 is 0 Å². The Morgan fingerprint density at radius 3 is 2.33 bits per heavy atom. The summed E-state index contributed by atoms with van der Waals surface area (Å²) in [5.74, 6) is 2.35. The average Bonchev–Trinajstić information content (AvgIpc) is 2.81. The van der Waals surface area contributed by atoms with E-state index in [0.717, 1.165) is 30.8 Å². The molecule has 0 heterocycles. The Labute approximate surface area is 184 Å². The Bertz CT molecular complexity index is 655. The lowest BCUT2D eigenvalue weighted by Gasteiger charge is -2.32. The molecule has 0 radical (unpaired) electrons. The highest BCUT2D eigenvalue weighted by Gasteiger charge is 2.25. The van der Waals surface area contributed by atoms with Gasteiger partial charge in [0, 0.05) is 12.7 Å². The van der Waals surface area contributed by atoms with Gasteiger partial charge in [-0.25, -0.2) is 0 Å². The van der Waals surface area contributed by atoms with Gasteiger partial charge in [0.1, 0.15) is 0 Å². The van der Waals surface area contributed by atoms with Crippen LogP contribution in [-0.4, -0.2) is 12.7 Å². The SMILES string of the molecule is CCCCc1ccc([C@H]2CC[C@H](CO[C@H]3CC[C@H](CC/C=C/C#N)CC3)CC2)cc1. The molecule has 30 heavy (non-hydrogen) atoms. The van der Waals surface area contributed by atoms with Gasteiger partial charge in [-0.15, -0.1) is 0 Å². The van der Waals surface area contributed by atoms with Crippen molar-refractivity contribution >= 4 is 0 Å². The van der Waals surface area contributed by atoms with Gasteiger partial charge in [0.15, 0.2) is 0 Å². The normalized spacial score (nSPS) is 27.2. The highest BCUT2D eigenvalue weighted by atomic mass is 16.5. The lowest BCUT2D eigenvalue weighted by atomic mass is 9.78. The predicted molar refractivity (Wildman–Crippen MR) is 125 cm³/mol. The molecule has 2 fully saturated rings. The van der Waals surface area contributed by atoms with E-state index in [0.29, 0.717) is 6.10 Å². The number of hydrogen-bond donors (Lipinski definition) is 0. The summed E-state index contributed by atoms with van der Waals surface area (Å²) in [6.45, 7) is 3.24. The van der Waals surface area contributed by atoms with E-state index in [1.54, 1.807) is 11.6 Å². The Kier molecular flexibility index (Phi) is 9.97. The van der Waals surface area contributed by atoms with Crippen LogP contribution in [0.5, 0.6) is 0 Å². The van der Waals surface area contributed by atoms with Gasteiger partial charge in [0.2, 0.25) is 0 Å². The van der Waals surface area contributed by atoms with E-state index < -0.39 is 0 Å². The Morgan fingerprint density at radius 1 is 0.967 bits per heavy atom. The second-order valence-corrected chi connectivity index (χ2v) is 9.65. The maximum absolute atomic E-state index is 8.56. The fourth-order valence-electron chi connectivity index (χ4n) is 5.33. The van der Waals surface area contributed by atoms with Gasteiger partial charge in [-0.05, 0) is 106 Å². The maximum Gasteiger partial charge on any atom is 0.0908 e. The highest BCUT2D eigenvalue weighted by Crippen LogP contribution is 2.37. The molecule has 0 saturated heterocycles. The van der Waals surface area contributed by atoms with E-state index in [1.165, 1.54) is 82.6 Å². The van der Waals surface area contributed by atoms with Crippen LogP contribution in [0.15, 0.2) is 36.4 Å². The van der Waals surface area contributed by atoms with Crippen molar-refractivity contribution in [3.8, 4) is 6.07 Å². The van der Waals surface area contributed by atoms with E-state index >= 15 is 0 Å². The molecule has 0 amide bonds. The van der Waals surface area contributed by atoms with Gasteiger partial charge < -0.3 is 4.74 Å². The van der Waals surface area contributed by atoms with Crippen LogP contribution in [0.3, 0.4) is 0 Å². The minimum atomic E-state index is 0.490. The number of ether oxygens (including phenoxy) is 1. The number of nitriles is 1. The average molecular weight is 408 g/mol. The summed E-state index contributed by atoms with van der Waals surface area (Å²) in [6, 6.07) is 11.6. The minimum Gasteiger partial charge on any atom is -0.378 e.